The predicted molar refractivity (Wildman–Crippen MR) is 119 cm³/mol. The zero-order valence-electron chi connectivity index (χ0n) is 18.5. The third kappa shape index (κ3) is 4.48. The maximum Gasteiger partial charge on any atom is 0.285 e. The van der Waals surface area contributed by atoms with Gasteiger partial charge in [0.05, 0.1) is 27.2 Å². The Labute approximate surface area is 175 Å². The number of benzene rings is 2. The molecule has 4 heteroatoms. The van der Waals surface area contributed by atoms with E-state index in [1.165, 1.54) is 18.4 Å². The number of hydrogen-bond acceptors (Lipinski definition) is 2. The number of nitrogens with one attached hydrogen (secondary N) is 1. The van der Waals surface area contributed by atoms with Crippen molar-refractivity contribution in [2.24, 2.45) is 0 Å². The predicted octanol–water partition coefficient (Wildman–Crippen LogP) is 5.02. The Morgan fingerprint density at radius 1 is 1.00 bits per heavy atom. The van der Waals surface area contributed by atoms with Gasteiger partial charge in [0.25, 0.3) is 5.91 Å². The molecule has 1 heterocycles. The number of amides is 1. The van der Waals surface area contributed by atoms with Crippen molar-refractivity contribution in [2.75, 3.05) is 32.6 Å². The molecule has 4 nitrogen and oxygen atoms in total. The van der Waals surface area contributed by atoms with E-state index in [4.69, 9.17) is 4.74 Å². The maximum absolute atomic E-state index is 13.0. The number of quaternary nitrogens is 1. The first-order valence-electron chi connectivity index (χ1n) is 10.6. The molecule has 1 aliphatic heterocycles. The lowest BCUT2D eigenvalue weighted by atomic mass is 10.1. The quantitative estimate of drug-likeness (QED) is 0.738. The molecule has 1 amide bonds. The Morgan fingerprint density at radius 2 is 1.55 bits per heavy atom. The molecule has 2 fully saturated rings. The first kappa shape index (κ1) is 21.4. The lowest BCUT2D eigenvalue weighted by Gasteiger charge is -2.37. The maximum atomic E-state index is 13.0. The summed E-state index contributed by atoms with van der Waals surface area (Å²) in [5.74, 6) is 1.04. The van der Waals surface area contributed by atoms with E-state index in [1.54, 1.807) is 7.11 Å². The van der Waals surface area contributed by atoms with Crippen molar-refractivity contribution in [3.8, 4) is 5.75 Å². The summed E-state index contributed by atoms with van der Waals surface area (Å²) in [6.45, 7) is 8.40. The second-order valence-electron chi connectivity index (χ2n) is 8.83. The summed E-state index contributed by atoms with van der Waals surface area (Å²) in [6.07, 6.45) is 4.52. The lowest BCUT2D eigenvalue weighted by molar-refractivity contribution is -0.923. The minimum absolute atomic E-state index is 0.185. The largest absolute Gasteiger partial charge is 0.497 e. The van der Waals surface area contributed by atoms with Crippen LogP contribution in [0.25, 0.3) is 0 Å². The molecule has 2 aliphatic rings. The molecule has 1 aliphatic carbocycles. The summed E-state index contributed by atoms with van der Waals surface area (Å²) in [7, 11) is 3.93. The minimum Gasteiger partial charge on any atom is -0.497 e. The summed E-state index contributed by atoms with van der Waals surface area (Å²) < 4.78 is 6.22. The summed E-state index contributed by atoms with van der Waals surface area (Å²) in [5.41, 5.74) is 4.20. The van der Waals surface area contributed by atoms with Crippen molar-refractivity contribution >= 4 is 11.6 Å². The van der Waals surface area contributed by atoms with E-state index in [-0.39, 0.29) is 11.4 Å². The van der Waals surface area contributed by atoms with Gasteiger partial charge in [-0.2, -0.15) is 0 Å². The van der Waals surface area contributed by atoms with Gasteiger partial charge in [0.15, 0.2) is 5.54 Å². The van der Waals surface area contributed by atoms with Crippen LogP contribution in [0.2, 0.25) is 0 Å². The topological polar surface area (TPSA) is 38.3 Å². The molecule has 1 N–H and O–H groups in total. The molecule has 2 aromatic carbocycles. The molecule has 156 valence electrons. The highest BCUT2D eigenvalue weighted by molar-refractivity contribution is 6.00. The molecule has 0 bridgehead atoms. The van der Waals surface area contributed by atoms with E-state index in [0.717, 1.165) is 53.0 Å². The van der Waals surface area contributed by atoms with Crippen LogP contribution in [0.3, 0.4) is 0 Å². The smallest absolute Gasteiger partial charge is 0.285 e. The first-order chi connectivity index (χ1) is 13.8. The molecule has 4 rings (SSSR count). The van der Waals surface area contributed by atoms with Crippen LogP contribution in [0.15, 0.2) is 42.5 Å². The third-order valence-electron chi connectivity index (χ3n) is 6.65. The van der Waals surface area contributed by atoms with Crippen LogP contribution in [0.5, 0.6) is 5.75 Å². The van der Waals surface area contributed by atoms with Crippen molar-refractivity contribution < 1.29 is 14.0 Å². The summed E-state index contributed by atoms with van der Waals surface area (Å²) in [6, 6.07) is 14.2. The third-order valence-corrected chi connectivity index (χ3v) is 6.65. The molecule has 0 radical (unpaired) electrons. The fraction of sp³-hybridized carbons (Fsp3) is 0.480. The molecule has 0 aromatic heterocycles. The zero-order valence-corrected chi connectivity index (χ0v) is 18.5. The van der Waals surface area contributed by atoms with Gasteiger partial charge in [-0.05, 0) is 44.0 Å². The number of hydrogen-bond donors (Lipinski definition) is 1. The number of methoxy groups -OCH3 is 1. The Hall–Kier alpha value is -2.33. The van der Waals surface area contributed by atoms with Crippen molar-refractivity contribution in [3.05, 3.63) is 59.2 Å². The van der Waals surface area contributed by atoms with Gasteiger partial charge >= 0.3 is 0 Å². The van der Waals surface area contributed by atoms with Crippen LogP contribution in [-0.4, -0.2) is 43.2 Å². The van der Waals surface area contributed by atoms with Gasteiger partial charge in [-0.15, -0.1) is 0 Å². The van der Waals surface area contributed by atoms with E-state index in [9.17, 15) is 4.79 Å². The molecule has 0 unspecified atom stereocenters. The average molecular weight is 396 g/mol. The van der Waals surface area contributed by atoms with Gasteiger partial charge < -0.3 is 14.5 Å². The van der Waals surface area contributed by atoms with Crippen LogP contribution in [0, 0.1) is 20.8 Å². The SMILES string of the molecule is COc1cc(C)c(NC(=O)C2([N+]3(C)CCCC3)CC2)c(C)c1.Cc1ccccc1. The van der Waals surface area contributed by atoms with Crippen molar-refractivity contribution in [1.29, 1.82) is 0 Å². The zero-order chi connectivity index (χ0) is 21.1. The van der Waals surface area contributed by atoms with E-state index >= 15 is 0 Å². The van der Waals surface area contributed by atoms with Gasteiger partial charge in [-0.3, -0.25) is 4.79 Å². The standard InChI is InChI=1S/C18H26N2O2.C7H8/c1-13-11-15(22-4)12-14(2)16(13)19-17(21)18(7-8-18)20(3)9-5-6-10-20;1-7-5-3-2-4-6-7/h11-12H,5-10H2,1-4H3;2-6H,1H3/p+1. The first-order valence-corrected chi connectivity index (χ1v) is 10.6. The Morgan fingerprint density at radius 3 is 1.97 bits per heavy atom. The van der Waals surface area contributed by atoms with Gasteiger partial charge in [-0.25, -0.2) is 0 Å². The number of rotatable bonds is 4. The highest BCUT2D eigenvalue weighted by atomic mass is 16.5. The Balaban J connectivity index is 0.000000290. The van der Waals surface area contributed by atoms with Crippen molar-refractivity contribution in [2.45, 2.75) is 52.0 Å². The van der Waals surface area contributed by atoms with Crippen LogP contribution < -0.4 is 10.1 Å². The molecular weight excluding hydrogens is 360 g/mol. The summed E-state index contributed by atoms with van der Waals surface area (Å²) >= 11 is 0. The molecule has 29 heavy (non-hydrogen) atoms. The monoisotopic (exact) mass is 395 g/mol. The molecule has 2 aromatic rings. The summed E-state index contributed by atoms with van der Waals surface area (Å²) in [4.78, 5) is 13.0. The van der Waals surface area contributed by atoms with Gasteiger partial charge in [0.2, 0.25) is 0 Å². The second kappa shape index (κ2) is 8.58. The Kier molecular flexibility index (Phi) is 6.33. The van der Waals surface area contributed by atoms with Crippen LogP contribution in [-0.2, 0) is 4.79 Å². The number of carbonyl (C=O) groups excluding carboxylic acids is 1. The minimum atomic E-state index is -0.185. The highest BCUT2D eigenvalue weighted by Gasteiger charge is 2.64. The average Bonchev–Trinajstić information content (AvgIpc) is 3.41. The fourth-order valence-corrected chi connectivity index (χ4v) is 4.59. The molecular formula is C25H35N2O2+. The van der Waals surface area contributed by atoms with Crippen LogP contribution in [0.1, 0.15) is 42.4 Å². The number of likely N-dealkylation sites (tertiary alicyclic amines) is 1. The number of ether oxygens (including phenoxy) is 1. The van der Waals surface area contributed by atoms with Crippen LogP contribution >= 0.6 is 0 Å². The van der Waals surface area contributed by atoms with E-state index in [0.29, 0.717) is 0 Å². The fourth-order valence-electron chi connectivity index (χ4n) is 4.59. The van der Waals surface area contributed by atoms with Crippen LogP contribution in [0.4, 0.5) is 5.69 Å². The Bertz CT molecular complexity index is 827. The lowest BCUT2D eigenvalue weighted by Crippen LogP contribution is -2.57. The molecule has 0 atom stereocenters. The normalized spacial score (nSPS) is 18.4. The van der Waals surface area contributed by atoms with E-state index in [1.807, 2.05) is 44.2 Å². The van der Waals surface area contributed by atoms with Crippen molar-refractivity contribution in [3.63, 3.8) is 0 Å². The second-order valence-corrected chi connectivity index (χ2v) is 8.83. The number of aryl methyl sites for hydroxylation is 3. The molecule has 1 saturated carbocycles. The van der Waals surface area contributed by atoms with E-state index in [2.05, 4.69) is 31.4 Å². The highest BCUT2D eigenvalue weighted by Crippen LogP contribution is 2.49. The van der Waals surface area contributed by atoms with E-state index < -0.39 is 0 Å². The number of likely N-dealkylation sites (N-methyl/N-ethyl adjacent to an activating group) is 1. The van der Waals surface area contributed by atoms with Gasteiger partial charge in [0, 0.05) is 31.4 Å². The molecule has 0 spiro atoms. The number of carbonyl (C=O) groups is 1. The summed E-state index contributed by atoms with van der Waals surface area (Å²) in [5, 5.41) is 3.22. The van der Waals surface area contributed by atoms with Gasteiger partial charge in [0.1, 0.15) is 5.75 Å². The van der Waals surface area contributed by atoms with Gasteiger partial charge in [-0.1, -0.05) is 35.9 Å². The number of nitrogens with zero attached hydrogens (tertiary/aromatic N) is 1. The van der Waals surface area contributed by atoms with Crippen molar-refractivity contribution in [1.82, 2.24) is 0 Å². The number of anilines is 1. The molecule has 1 saturated heterocycles.